The molecular weight excluding hydrogens is 400 g/mol. The molecule has 2 saturated heterocycles. The molecule has 4 rings (SSSR count). The quantitative estimate of drug-likeness (QED) is 0.674. The van der Waals surface area contributed by atoms with Crippen LogP contribution in [0.2, 0.25) is 0 Å². The van der Waals surface area contributed by atoms with Crippen LogP contribution in [0.4, 0.5) is 4.79 Å². The highest BCUT2D eigenvalue weighted by atomic mass is 16.6. The molecule has 2 N–H and O–H groups in total. The summed E-state index contributed by atoms with van der Waals surface area (Å²) in [6.45, 7) is 7.71. The molecule has 4 fully saturated rings. The molecule has 0 aromatic rings. The van der Waals surface area contributed by atoms with Crippen molar-refractivity contribution < 1.29 is 24.2 Å². The molecule has 0 aromatic carbocycles. The predicted molar refractivity (Wildman–Crippen MR) is 113 cm³/mol. The van der Waals surface area contributed by atoms with Crippen LogP contribution in [0.3, 0.4) is 0 Å². The molecule has 2 heterocycles. The van der Waals surface area contributed by atoms with Crippen molar-refractivity contribution in [3.63, 3.8) is 0 Å². The Bertz CT molecular complexity index is 712. The minimum Gasteiger partial charge on any atom is -0.480 e. The zero-order valence-corrected chi connectivity index (χ0v) is 18.8. The zero-order valence-electron chi connectivity index (χ0n) is 18.8. The van der Waals surface area contributed by atoms with Crippen LogP contribution in [-0.2, 0) is 14.3 Å². The lowest BCUT2D eigenvalue weighted by atomic mass is 9.73. The van der Waals surface area contributed by atoms with E-state index in [1.807, 2.05) is 25.7 Å². The van der Waals surface area contributed by atoms with Crippen LogP contribution in [0.25, 0.3) is 0 Å². The van der Waals surface area contributed by atoms with Crippen LogP contribution in [0.5, 0.6) is 0 Å². The molecule has 31 heavy (non-hydrogen) atoms. The first-order valence-corrected chi connectivity index (χ1v) is 11.7. The van der Waals surface area contributed by atoms with Crippen LogP contribution < -0.4 is 5.43 Å². The number of amides is 2. The molecule has 5 atom stereocenters. The van der Waals surface area contributed by atoms with Gasteiger partial charge < -0.3 is 19.6 Å². The Labute approximate surface area is 184 Å². The van der Waals surface area contributed by atoms with Gasteiger partial charge in [0, 0.05) is 31.6 Å². The molecule has 4 aliphatic rings. The lowest BCUT2D eigenvalue weighted by Crippen LogP contribution is -2.67. The Morgan fingerprint density at radius 1 is 1.06 bits per heavy atom. The summed E-state index contributed by atoms with van der Waals surface area (Å²) in [4.78, 5) is 41.0. The van der Waals surface area contributed by atoms with Crippen LogP contribution in [0.1, 0.15) is 52.9 Å². The van der Waals surface area contributed by atoms with Crippen molar-refractivity contribution >= 4 is 18.0 Å². The summed E-state index contributed by atoms with van der Waals surface area (Å²) in [7, 11) is 0. The van der Waals surface area contributed by atoms with Crippen molar-refractivity contribution in [3.05, 3.63) is 0 Å². The van der Waals surface area contributed by atoms with Gasteiger partial charge in [0.05, 0.1) is 18.2 Å². The fourth-order valence-corrected chi connectivity index (χ4v) is 5.74. The highest BCUT2D eigenvalue weighted by molar-refractivity contribution is 5.82. The van der Waals surface area contributed by atoms with Gasteiger partial charge in [-0.15, -0.1) is 0 Å². The number of carboxylic acid groups (broad SMARTS) is 1. The normalized spacial score (nSPS) is 34.0. The van der Waals surface area contributed by atoms with E-state index in [-0.39, 0.29) is 48.7 Å². The van der Waals surface area contributed by atoms with Crippen molar-refractivity contribution in [2.24, 2.45) is 17.8 Å². The molecule has 2 amide bonds. The van der Waals surface area contributed by atoms with Crippen LogP contribution >= 0.6 is 0 Å². The SMILES string of the molecule is CC(C)OC(=O)N1C[C@H](C)N(C(=O)C2CC2)C2CCC(C3CNN(CC(=O)O)C3)CC21. The third kappa shape index (κ3) is 4.82. The number of fused-ring (bicyclic) bond motifs is 1. The number of nitrogens with zero attached hydrogens (tertiary/aromatic N) is 3. The Hall–Kier alpha value is -1.87. The molecule has 174 valence electrons. The standard InChI is InChI=1S/C22H36N4O5/c1-13(2)31-22(30)25-10-14(3)26(21(29)15-4-5-15)18-7-6-16(8-19(18)25)17-9-23-24(11-17)12-20(27)28/h13-19,23H,4-12H2,1-3H3,(H,27,28)/t14-,16?,17?,18?,19?/m0/s1. The van der Waals surface area contributed by atoms with Gasteiger partial charge in [0.25, 0.3) is 0 Å². The molecule has 9 heteroatoms. The molecule has 0 spiro atoms. The number of carbonyl (C=O) groups is 3. The van der Waals surface area contributed by atoms with Gasteiger partial charge in [-0.1, -0.05) is 0 Å². The van der Waals surface area contributed by atoms with Crippen molar-refractivity contribution in [2.45, 2.75) is 77.1 Å². The lowest BCUT2D eigenvalue weighted by molar-refractivity contribution is -0.146. The van der Waals surface area contributed by atoms with Crippen molar-refractivity contribution in [1.82, 2.24) is 20.2 Å². The average Bonchev–Trinajstić information content (AvgIpc) is 3.45. The van der Waals surface area contributed by atoms with Gasteiger partial charge >= 0.3 is 12.1 Å². The van der Waals surface area contributed by atoms with E-state index < -0.39 is 5.97 Å². The average molecular weight is 437 g/mol. The van der Waals surface area contributed by atoms with Gasteiger partial charge in [-0.25, -0.2) is 9.80 Å². The van der Waals surface area contributed by atoms with Crippen LogP contribution in [0, 0.1) is 17.8 Å². The molecule has 2 aliphatic heterocycles. The number of hydrogen-bond donors (Lipinski definition) is 2. The predicted octanol–water partition coefficient (Wildman–Crippen LogP) is 1.53. The summed E-state index contributed by atoms with van der Waals surface area (Å²) in [5, 5.41) is 10.8. The van der Waals surface area contributed by atoms with Gasteiger partial charge in [-0.05, 0) is 64.7 Å². The van der Waals surface area contributed by atoms with E-state index in [2.05, 4.69) is 10.3 Å². The van der Waals surface area contributed by atoms with Crippen molar-refractivity contribution in [1.29, 1.82) is 0 Å². The Morgan fingerprint density at radius 3 is 2.45 bits per heavy atom. The molecule has 0 bridgehead atoms. The smallest absolute Gasteiger partial charge is 0.410 e. The number of aliphatic carboxylic acids is 1. The van der Waals surface area contributed by atoms with Crippen molar-refractivity contribution in [3.8, 4) is 0 Å². The molecule has 0 aromatic heterocycles. The Morgan fingerprint density at radius 2 is 1.81 bits per heavy atom. The second-order valence-electron chi connectivity index (χ2n) is 10.1. The summed E-state index contributed by atoms with van der Waals surface area (Å²) in [5.41, 5.74) is 3.21. The van der Waals surface area contributed by atoms with Gasteiger partial charge in [-0.3, -0.25) is 15.0 Å². The van der Waals surface area contributed by atoms with E-state index in [1.54, 1.807) is 5.01 Å². The number of rotatable bonds is 5. The second-order valence-corrected chi connectivity index (χ2v) is 10.1. The van der Waals surface area contributed by atoms with Crippen LogP contribution in [-0.4, -0.2) is 88.3 Å². The largest absolute Gasteiger partial charge is 0.480 e. The summed E-state index contributed by atoms with van der Waals surface area (Å²) < 4.78 is 5.56. The molecular formula is C22H36N4O5. The second kappa shape index (κ2) is 8.94. The lowest BCUT2D eigenvalue weighted by Gasteiger charge is -2.54. The minimum absolute atomic E-state index is 0.00943. The summed E-state index contributed by atoms with van der Waals surface area (Å²) in [6.07, 6.45) is 4.18. The molecule has 9 nitrogen and oxygen atoms in total. The Balaban J connectivity index is 1.50. The van der Waals surface area contributed by atoms with Crippen molar-refractivity contribution in [2.75, 3.05) is 26.2 Å². The van der Waals surface area contributed by atoms with Gasteiger partial charge in [0.15, 0.2) is 0 Å². The third-order valence-corrected chi connectivity index (χ3v) is 7.29. The van der Waals surface area contributed by atoms with Gasteiger partial charge in [-0.2, -0.15) is 0 Å². The van der Waals surface area contributed by atoms with E-state index in [4.69, 9.17) is 9.84 Å². The zero-order chi connectivity index (χ0) is 22.3. The summed E-state index contributed by atoms with van der Waals surface area (Å²) in [5.74, 6) is 0.310. The number of carbonyl (C=O) groups excluding carboxylic acids is 2. The molecule has 0 radical (unpaired) electrons. The van der Waals surface area contributed by atoms with E-state index in [0.29, 0.717) is 24.9 Å². The van der Waals surface area contributed by atoms with Crippen LogP contribution in [0.15, 0.2) is 0 Å². The highest BCUT2D eigenvalue weighted by Crippen LogP contribution is 2.42. The fraction of sp³-hybridized carbons (Fsp3) is 0.864. The topological polar surface area (TPSA) is 102 Å². The maximum Gasteiger partial charge on any atom is 0.410 e. The number of ether oxygens (including phenoxy) is 1. The van der Waals surface area contributed by atoms with E-state index in [9.17, 15) is 14.4 Å². The molecule has 2 aliphatic carbocycles. The number of nitrogens with one attached hydrogen (secondary N) is 1. The summed E-state index contributed by atoms with van der Waals surface area (Å²) in [6, 6.07) is -0.0143. The minimum atomic E-state index is -0.838. The highest BCUT2D eigenvalue weighted by Gasteiger charge is 2.50. The van der Waals surface area contributed by atoms with E-state index in [1.165, 1.54) is 0 Å². The van der Waals surface area contributed by atoms with Gasteiger partial charge in [0.2, 0.25) is 5.91 Å². The first-order chi connectivity index (χ1) is 14.7. The first-order valence-electron chi connectivity index (χ1n) is 11.7. The maximum atomic E-state index is 13.1. The number of hydrogen-bond acceptors (Lipinski definition) is 6. The first kappa shape index (κ1) is 22.3. The third-order valence-electron chi connectivity index (χ3n) is 7.29. The fourth-order valence-electron chi connectivity index (χ4n) is 5.74. The number of piperazine rings is 1. The molecule has 4 unspecified atom stereocenters. The number of carboxylic acids is 1. The monoisotopic (exact) mass is 436 g/mol. The van der Waals surface area contributed by atoms with E-state index in [0.717, 1.165) is 38.6 Å². The number of hydrazine groups is 1. The van der Waals surface area contributed by atoms with E-state index >= 15 is 0 Å². The molecule has 2 saturated carbocycles. The van der Waals surface area contributed by atoms with Gasteiger partial charge in [0.1, 0.15) is 6.54 Å². The summed E-state index contributed by atoms with van der Waals surface area (Å²) >= 11 is 0. The Kier molecular flexibility index (Phi) is 6.44. The maximum absolute atomic E-state index is 13.1.